The zero-order valence-corrected chi connectivity index (χ0v) is 9.42. The van der Waals surface area contributed by atoms with Gasteiger partial charge >= 0.3 is 0 Å². The lowest BCUT2D eigenvalue weighted by molar-refractivity contribution is 0.102. The minimum atomic E-state index is -0.280. The third-order valence-electron chi connectivity index (χ3n) is 2.38. The normalized spacial score (nSPS) is 9.50. The molecule has 0 fully saturated rings. The van der Waals surface area contributed by atoms with Crippen molar-refractivity contribution in [1.29, 1.82) is 5.26 Å². The Labute approximate surface area is 104 Å². The SMILES string of the molecule is N#Cc1ccc(C(=O)Nc2ccncc2N)cc1. The minimum absolute atomic E-state index is 0.280. The summed E-state index contributed by atoms with van der Waals surface area (Å²) in [6.07, 6.45) is 3.01. The number of carbonyl (C=O) groups is 1. The fourth-order valence-corrected chi connectivity index (χ4v) is 1.41. The number of nitrogens with one attached hydrogen (secondary N) is 1. The molecule has 2 rings (SSSR count). The molecule has 0 saturated heterocycles. The van der Waals surface area contributed by atoms with E-state index in [4.69, 9.17) is 11.0 Å². The second kappa shape index (κ2) is 4.97. The number of nitriles is 1. The van der Waals surface area contributed by atoms with Crippen LogP contribution in [0.25, 0.3) is 0 Å². The molecule has 1 aromatic carbocycles. The maximum Gasteiger partial charge on any atom is 0.255 e. The first kappa shape index (κ1) is 11.6. The number of hydrogen-bond acceptors (Lipinski definition) is 4. The van der Waals surface area contributed by atoms with E-state index in [1.165, 1.54) is 6.20 Å². The molecule has 0 atom stereocenters. The van der Waals surface area contributed by atoms with Gasteiger partial charge in [-0.15, -0.1) is 0 Å². The summed E-state index contributed by atoms with van der Waals surface area (Å²) in [5.74, 6) is -0.280. The lowest BCUT2D eigenvalue weighted by Gasteiger charge is -2.07. The summed E-state index contributed by atoms with van der Waals surface area (Å²) < 4.78 is 0. The molecule has 0 unspecified atom stereocenters. The van der Waals surface area contributed by atoms with Crippen LogP contribution in [0.2, 0.25) is 0 Å². The summed E-state index contributed by atoms with van der Waals surface area (Å²) in [4.78, 5) is 15.7. The number of benzene rings is 1. The van der Waals surface area contributed by atoms with E-state index in [9.17, 15) is 4.79 Å². The maximum atomic E-state index is 11.9. The van der Waals surface area contributed by atoms with Crippen LogP contribution in [0.15, 0.2) is 42.7 Å². The molecule has 5 nitrogen and oxygen atoms in total. The highest BCUT2D eigenvalue weighted by Gasteiger charge is 2.07. The van der Waals surface area contributed by atoms with Gasteiger partial charge in [0.2, 0.25) is 0 Å². The molecular formula is C13H10N4O. The molecular weight excluding hydrogens is 228 g/mol. The average Bonchev–Trinajstić information content (AvgIpc) is 2.41. The summed E-state index contributed by atoms with van der Waals surface area (Å²) in [6, 6.07) is 9.97. The van der Waals surface area contributed by atoms with Crippen molar-refractivity contribution in [2.45, 2.75) is 0 Å². The Balaban J connectivity index is 2.17. The summed E-state index contributed by atoms with van der Waals surface area (Å²) in [6.45, 7) is 0. The Kier molecular flexibility index (Phi) is 3.21. The number of rotatable bonds is 2. The van der Waals surface area contributed by atoms with Crippen molar-refractivity contribution in [3.8, 4) is 6.07 Å². The Morgan fingerprint density at radius 2 is 2.00 bits per heavy atom. The molecule has 0 spiro atoms. The number of hydrogen-bond donors (Lipinski definition) is 2. The van der Waals surface area contributed by atoms with E-state index in [0.29, 0.717) is 22.5 Å². The maximum absolute atomic E-state index is 11.9. The quantitative estimate of drug-likeness (QED) is 0.834. The van der Waals surface area contributed by atoms with Gasteiger partial charge in [0.05, 0.1) is 29.2 Å². The highest BCUT2D eigenvalue weighted by Crippen LogP contribution is 2.16. The number of nitrogens with two attached hydrogens (primary N) is 1. The molecule has 88 valence electrons. The van der Waals surface area contributed by atoms with Gasteiger partial charge in [-0.1, -0.05) is 0 Å². The van der Waals surface area contributed by atoms with Gasteiger partial charge in [0.25, 0.3) is 5.91 Å². The van der Waals surface area contributed by atoms with Crippen molar-refractivity contribution in [3.63, 3.8) is 0 Å². The van der Waals surface area contributed by atoms with Gasteiger partial charge in [-0.25, -0.2) is 0 Å². The summed E-state index contributed by atoms with van der Waals surface area (Å²) in [5, 5.41) is 11.3. The number of amides is 1. The van der Waals surface area contributed by atoms with Crippen LogP contribution < -0.4 is 11.1 Å². The minimum Gasteiger partial charge on any atom is -0.396 e. The summed E-state index contributed by atoms with van der Waals surface area (Å²) in [5.41, 5.74) is 7.56. The summed E-state index contributed by atoms with van der Waals surface area (Å²) in [7, 11) is 0. The molecule has 1 amide bonds. The van der Waals surface area contributed by atoms with Crippen LogP contribution in [0.5, 0.6) is 0 Å². The third-order valence-corrected chi connectivity index (χ3v) is 2.38. The van der Waals surface area contributed by atoms with Crippen molar-refractivity contribution in [2.24, 2.45) is 0 Å². The van der Waals surface area contributed by atoms with Gasteiger partial charge in [0, 0.05) is 11.8 Å². The monoisotopic (exact) mass is 238 g/mol. The molecule has 0 radical (unpaired) electrons. The van der Waals surface area contributed by atoms with Gasteiger partial charge in [0.1, 0.15) is 0 Å². The second-order valence-corrected chi connectivity index (χ2v) is 3.61. The van der Waals surface area contributed by atoms with Crippen molar-refractivity contribution in [1.82, 2.24) is 4.98 Å². The van der Waals surface area contributed by atoms with E-state index in [2.05, 4.69) is 10.3 Å². The first-order valence-electron chi connectivity index (χ1n) is 5.21. The first-order chi connectivity index (χ1) is 8.70. The van der Waals surface area contributed by atoms with Crippen molar-refractivity contribution >= 4 is 17.3 Å². The van der Waals surface area contributed by atoms with E-state index in [0.717, 1.165) is 0 Å². The highest BCUT2D eigenvalue weighted by molar-refractivity contribution is 6.05. The molecule has 5 heteroatoms. The van der Waals surface area contributed by atoms with E-state index >= 15 is 0 Å². The molecule has 0 aliphatic carbocycles. The fraction of sp³-hybridized carbons (Fsp3) is 0. The van der Waals surface area contributed by atoms with E-state index in [1.807, 2.05) is 6.07 Å². The third kappa shape index (κ3) is 2.44. The van der Waals surface area contributed by atoms with Crippen LogP contribution in [0.3, 0.4) is 0 Å². The number of nitrogen functional groups attached to an aromatic ring is 1. The van der Waals surface area contributed by atoms with Crippen LogP contribution in [0.4, 0.5) is 11.4 Å². The topological polar surface area (TPSA) is 91.8 Å². The van der Waals surface area contributed by atoms with Crippen LogP contribution >= 0.6 is 0 Å². The van der Waals surface area contributed by atoms with Gasteiger partial charge in [-0.3, -0.25) is 9.78 Å². The lowest BCUT2D eigenvalue weighted by atomic mass is 10.1. The molecule has 0 bridgehead atoms. The van der Waals surface area contributed by atoms with Gasteiger partial charge in [-0.05, 0) is 30.3 Å². The first-order valence-corrected chi connectivity index (χ1v) is 5.21. The van der Waals surface area contributed by atoms with Crippen molar-refractivity contribution in [3.05, 3.63) is 53.9 Å². The van der Waals surface area contributed by atoms with E-state index in [-0.39, 0.29) is 5.91 Å². The van der Waals surface area contributed by atoms with Crippen LogP contribution in [0, 0.1) is 11.3 Å². The molecule has 2 aromatic rings. The molecule has 0 aliphatic heterocycles. The zero-order valence-electron chi connectivity index (χ0n) is 9.42. The van der Waals surface area contributed by atoms with Crippen LogP contribution in [0.1, 0.15) is 15.9 Å². The molecule has 0 saturated carbocycles. The number of nitrogens with zero attached hydrogens (tertiary/aromatic N) is 2. The largest absolute Gasteiger partial charge is 0.396 e. The molecule has 1 aromatic heterocycles. The van der Waals surface area contributed by atoms with Gasteiger partial charge in [-0.2, -0.15) is 5.26 Å². The van der Waals surface area contributed by atoms with Crippen molar-refractivity contribution < 1.29 is 4.79 Å². The highest BCUT2D eigenvalue weighted by atomic mass is 16.1. The number of anilines is 2. The average molecular weight is 238 g/mol. The molecule has 1 heterocycles. The van der Waals surface area contributed by atoms with Crippen LogP contribution in [-0.2, 0) is 0 Å². The van der Waals surface area contributed by atoms with Crippen LogP contribution in [-0.4, -0.2) is 10.9 Å². The Hall–Kier alpha value is -2.87. The zero-order chi connectivity index (χ0) is 13.0. The Morgan fingerprint density at radius 1 is 1.28 bits per heavy atom. The van der Waals surface area contributed by atoms with E-state index < -0.39 is 0 Å². The van der Waals surface area contributed by atoms with Gasteiger partial charge in [0.15, 0.2) is 0 Å². The Morgan fingerprint density at radius 3 is 2.61 bits per heavy atom. The molecule has 18 heavy (non-hydrogen) atoms. The smallest absolute Gasteiger partial charge is 0.255 e. The molecule has 0 aliphatic rings. The predicted octanol–water partition coefficient (Wildman–Crippen LogP) is 1.79. The van der Waals surface area contributed by atoms with Crippen molar-refractivity contribution in [2.75, 3.05) is 11.1 Å². The number of carbonyl (C=O) groups excluding carboxylic acids is 1. The predicted molar refractivity (Wildman–Crippen MR) is 67.8 cm³/mol. The number of aromatic nitrogens is 1. The van der Waals surface area contributed by atoms with Gasteiger partial charge < -0.3 is 11.1 Å². The fourth-order valence-electron chi connectivity index (χ4n) is 1.41. The Bertz CT molecular complexity index is 614. The standard InChI is InChI=1S/C13H10N4O/c14-7-9-1-3-10(4-2-9)13(18)17-12-5-6-16-8-11(12)15/h1-6,8H,15H2,(H,16,17,18). The molecule has 3 N–H and O–H groups in total. The number of pyridine rings is 1. The van der Waals surface area contributed by atoms with E-state index in [1.54, 1.807) is 36.5 Å². The lowest BCUT2D eigenvalue weighted by Crippen LogP contribution is -2.13. The summed E-state index contributed by atoms with van der Waals surface area (Å²) >= 11 is 0. The second-order valence-electron chi connectivity index (χ2n) is 3.61.